The summed E-state index contributed by atoms with van der Waals surface area (Å²) in [6.45, 7) is 2.54. The number of primary amides is 1. The molecule has 6 heteroatoms. The van der Waals surface area contributed by atoms with Gasteiger partial charge in [0.15, 0.2) is 0 Å². The molecule has 4 N–H and O–H groups in total. The molecule has 0 saturated heterocycles. The molecule has 0 spiro atoms. The van der Waals surface area contributed by atoms with E-state index in [4.69, 9.17) is 5.73 Å². The van der Waals surface area contributed by atoms with E-state index in [1.165, 1.54) is 7.11 Å². The predicted octanol–water partition coefficient (Wildman–Crippen LogP) is 1.39. The summed E-state index contributed by atoms with van der Waals surface area (Å²) in [5, 5.41) is 5.71. The van der Waals surface area contributed by atoms with Crippen molar-refractivity contribution in [3.8, 4) is 0 Å². The Labute approximate surface area is 112 Å². The minimum Gasteiger partial charge on any atom is -0.469 e. The monoisotopic (exact) mass is 265 g/mol. The minimum atomic E-state index is -0.586. The van der Waals surface area contributed by atoms with Crippen LogP contribution in [0.25, 0.3) is 0 Å². The van der Waals surface area contributed by atoms with Crippen LogP contribution in [-0.4, -0.2) is 25.7 Å². The number of carbonyl (C=O) groups excluding carboxylic acids is 2. The van der Waals surface area contributed by atoms with Crippen LogP contribution in [0.2, 0.25) is 0 Å². The molecule has 0 aliphatic rings. The van der Waals surface area contributed by atoms with Crippen LogP contribution in [0, 0.1) is 0 Å². The molecule has 1 unspecified atom stereocenters. The van der Waals surface area contributed by atoms with Crippen LogP contribution >= 0.6 is 0 Å². The van der Waals surface area contributed by atoms with Gasteiger partial charge in [-0.2, -0.15) is 0 Å². The number of rotatable bonds is 6. The third kappa shape index (κ3) is 5.39. The fraction of sp³-hybridized carbons (Fsp3) is 0.385. The summed E-state index contributed by atoms with van der Waals surface area (Å²) < 4.78 is 4.56. The van der Waals surface area contributed by atoms with Gasteiger partial charge in [0.1, 0.15) is 0 Å². The molecular formula is C13H19N3O3. The van der Waals surface area contributed by atoms with Crippen molar-refractivity contribution in [2.24, 2.45) is 5.73 Å². The molecule has 0 bridgehead atoms. The van der Waals surface area contributed by atoms with Gasteiger partial charge in [-0.05, 0) is 24.6 Å². The molecule has 0 aromatic heterocycles. The molecule has 1 atom stereocenters. The summed E-state index contributed by atoms with van der Waals surface area (Å²) in [7, 11) is 1.37. The van der Waals surface area contributed by atoms with Crippen molar-refractivity contribution in [1.29, 1.82) is 0 Å². The number of benzene rings is 1. The molecule has 0 aliphatic heterocycles. The molecule has 0 aliphatic carbocycles. The van der Waals surface area contributed by atoms with E-state index in [2.05, 4.69) is 15.4 Å². The average molecular weight is 265 g/mol. The standard InChI is InChI=1S/C13H19N3O3/c1-9(15-8-7-12(17)19-2)10-3-5-11(6-4-10)16-13(14)18/h3-6,9,15H,7-8H2,1-2H3,(H3,14,16,18). The molecule has 1 aromatic rings. The Bertz CT molecular complexity index is 431. The van der Waals surface area contributed by atoms with Crippen LogP contribution in [0.3, 0.4) is 0 Å². The van der Waals surface area contributed by atoms with E-state index in [0.717, 1.165) is 5.56 Å². The topological polar surface area (TPSA) is 93.4 Å². The van der Waals surface area contributed by atoms with Crippen LogP contribution in [0.1, 0.15) is 24.9 Å². The zero-order chi connectivity index (χ0) is 14.3. The molecule has 0 fully saturated rings. The fourth-order valence-electron chi connectivity index (χ4n) is 1.61. The highest BCUT2D eigenvalue weighted by molar-refractivity contribution is 5.87. The smallest absolute Gasteiger partial charge is 0.316 e. The van der Waals surface area contributed by atoms with Crippen molar-refractivity contribution in [3.63, 3.8) is 0 Å². The Morgan fingerprint density at radius 3 is 2.47 bits per heavy atom. The first-order valence-corrected chi connectivity index (χ1v) is 5.99. The number of anilines is 1. The first-order chi connectivity index (χ1) is 9.02. The summed E-state index contributed by atoms with van der Waals surface area (Å²) in [6, 6.07) is 6.85. The Balaban J connectivity index is 2.46. The maximum atomic E-state index is 11.0. The largest absolute Gasteiger partial charge is 0.469 e. The lowest BCUT2D eigenvalue weighted by molar-refractivity contribution is -0.140. The number of nitrogens with two attached hydrogens (primary N) is 1. The minimum absolute atomic E-state index is 0.104. The number of methoxy groups -OCH3 is 1. The highest BCUT2D eigenvalue weighted by Gasteiger charge is 2.06. The zero-order valence-corrected chi connectivity index (χ0v) is 11.1. The number of ether oxygens (including phenoxy) is 1. The van der Waals surface area contributed by atoms with E-state index in [1.807, 2.05) is 19.1 Å². The van der Waals surface area contributed by atoms with Crippen molar-refractivity contribution in [1.82, 2.24) is 5.32 Å². The van der Waals surface area contributed by atoms with Crippen LogP contribution in [0.4, 0.5) is 10.5 Å². The van der Waals surface area contributed by atoms with Gasteiger partial charge in [0.25, 0.3) is 0 Å². The Morgan fingerprint density at radius 2 is 1.95 bits per heavy atom. The second kappa shape index (κ2) is 7.38. The number of hydrogen-bond donors (Lipinski definition) is 3. The summed E-state index contributed by atoms with van der Waals surface area (Å²) in [6.07, 6.45) is 0.335. The van der Waals surface area contributed by atoms with E-state index in [-0.39, 0.29) is 12.0 Å². The van der Waals surface area contributed by atoms with Crippen molar-refractivity contribution >= 4 is 17.7 Å². The second-order valence-electron chi connectivity index (χ2n) is 4.11. The van der Waals surface area contributed by atoms with Crippen molar-refractivity contribution in [2.45, 2.75) is 19.4 Å². The molecule has 1 rings (SSSR count). The summed E-state index contributed by atoms with van der Waals surface area (Å²) in [4.78, 5) is 21.6. The van der Waals surface area contributed by atoms with Crippen molar-refractivity contribution < 1.29 is 14.3 Å². The van der Waals surface area contributed by atoms with Crippen LogP contribution < -0.4 is 16.4 Å². The van der Waals surface area contributed by atoms with E-state index in [0.29, 0.717) is 18.7 Å². The Kier molecular flexibility index (Phi) is 5.81. The maximum Gasteiger partial charge on any atom is 0.316 e. The van der Waals surface area contributed by atoms with Gasteiger partial charge in [0, 0.05) is 18.3 Å². The summed E-state index contributed by atoms with van der Waals surface area (Å²) >= 11 is 0. The molecule has 104 valence electrons. The summed E-state index contributed by atoms with van der Waals surface area (Å²) in [5.74, 6) is -0.235. The van der Waals surface area contributed by atoms with Gasteiger partial charge >= 0.3 is 12.0 Å². The predicted molar refractivity (Wildman–Crippen MR) is 72.7 cm³/mol. The van der Waals surface area contributed by atoms with Gasteiger partial charge in [0.2, 0.25) is 0 Å². The lowest BCUT2D eigenvalue weighted by Gasteiger charge is -2.14. The van der Waals surface area contributed by atoms with Gasteiger partial charge in [0.05, 0.1) is 13.5 Å². The van der Waals surface area contributed by atoms with Gasteiger partial charge in [-0.1, -0.05) is 12.1 Å². The number of hydrogen-bond acceptors (Lipinski definition) is 4. The lowest BCUT2D eigenvalue weighted by Crippen LogP contribution is -2.22. The maximum absolute atomic E-state index is 11.0. The quantitative estimate of drug-likeness (QED) is 0.677. The first kappa shape index (κ1) is 15.0. The van der Waals surface area contributed by atoms with Crippen LogP contribution in [0.15, 0.2) is 24.3 Å². The number of carbonyl (C=O) groups is 2. The molecule has 6 nitrogen and oxygen atoms in total. The van der Waals surface area contributed by atoms with Gasteiger partial charge in [-0.15, -0.1) is 0 Å². The second-order valence-corrected chi connectivity index (χ2v) is 4.11. The number of nitrogens with one attached hydrogen (secondary N) is 2. The molecule has 19 heavy (non-hydrogen) atoms. The third-order valence-corrected chi connectivity index (χ3v) is 2.69. The zero-order valence-electron chi connectivity index (χ0n) is 11.1. The first-order valence-electron chi connectivity index (χ1n) is 5.99. The molecule has 0 saturated carbocycles. The molecule has 0 radical (unpaired) electrons. The number of esters is 1. The van der Waals surface area contributed by atoms with Gasteiger partial charge in [-0.3, -0.25) is 4.79 Å². The highest BCUT2D eigenvalue weighted by atomic mass is 16.5. The van der Waals surface area contributed by atoms with E-state index >= 15 is 0 Å². The lowest BCUT2D eigenvalue weighted by atomic mass is 10.1. The molecule has 0 heterocycles. The van der Waals surface area contributed by atoms with E-state index < -0.39 is 6.03 Å². The Hall–Kier alpha value is -2.08. The van der Waals surface area contributed by atoms with Crippen molar-refractivity contribution in [3.05, 3.63) is 29.8 Å². The Morgan fingerprint density at radius 1 is 1.32 bits per heavy atom. The molecular weight excluding hydrogens is 246 g/mol. The van der Waals surface area contributed by atoms with E-state index in [1.54, 1.807) is 12.1 Å². The van der Waals surface area contributed by atoms with Gasteiger partial charge < -0.3 is 21.1 Å². The molecule has 2 amide bonds. The summed E-state index contributed by atoms with van der Waals surface area (Å²) in [5.41, 5.74) is 6.73. The van der Waals surface area contributed by atoms with E-state index in [9.17, 15) is 9.59 Å². The highest BCUT2D eigenvalue weighted by Crippen LogP contribution is 2.15. The average Bonchev–Trinajstić information content (AvgIpc) is 2.38. The fourth-order valence-corrected chi connectivity index (χ4v) is 1.61. The normalized spacial score (nSPS) is 11.7. The van der Waals surface area contributed by atoms with Gasteiger partial charge in [-0.25, -0.2) is 4.79 Å². The third-order valence-electron chi connectivity index (χ3n) is 2.69. The number of amides is 2. The van der Waals surface area contributed by atoms with Crippen molar-refractivity contribution in [2.75, 3.05) is 19.0 Å². The SMILES string of the molecule is COC(=O)CCNC(C)c1ccc(NC(N)=O)cc1. The van der Waals surface area contributed by atoms with Crippen LogP contribution in [-0.2, 0) is 9.53 Å². The van der Waals surface area contributed by atoms with Crippen LogP contribution in [0.5, 0.6) is 0 Å². The number of urea groups is 1. The molecule has 1 aromatic carbocycles.